The molecule has 1 aliphatic rings. The molecule has 28 heavy (non-hydrogen) atoms. The number of hydrogen-bond acceptors (Lipinski definition) is 5. The highest BCUT2D eigenvalue weighted by atomic mass is 32.2. The maximum Gasteiger partial charge on any atom is 0.243 e. The second kappa shape index (κ2) is 8.13. The Hall–Kier alpha value is -2.06. The normalized spacial score (nSPS) is 16.3. The average Bonchev–Trinajstić information content (AvgIpc) is 3.18. The summed E-state index contributed by atoms with van der Waals surface area (Å²) < 4.78 is 27.2. The van der Waals surface area contributed by atoms with E-state index in [9.17, 15) is 8.42 Å². The van der Waals surface area contributed by atoms with Crippen LogP contribution in [-0.4, -0.2) is 48.8 Å². The van der Waals surface area contributed by atoms with E-state index in [0.717, 1.165) is 28.4 Å². The van der Waals surface area contributed by atoms with Gasteiger partial charge in [0, 0.05) is 37.1 Å². The largest absolute Gasteiger partial charge is 0.294 e. The first kappa shape index (κ1) is 19.3. The topological polar surface area (TPSA) is 53.5 Å². The molecule has 2 aromatic carbocycles. The number of hydrogen-bond donors (Lipinski definition) is 0. The van der Waals surface area contributed by atoms with Crippen molar-refractivity contribution >= 4 is 21.4 Å². The number of benzene rings is 2. The Morgan fingerprint density at radius 2 is 1.64 bits per heavy atom. The highest BCUT2D eigenvalue weighted by Gasteiger charge is 2.28. The van der Waals surface area contributed by atoms with Crippen LogP contribution in [0.1, 0.15) is 10.6 Å². The van der Waals surface area contributed by atoms with Crippen LogP contribution in [0.5, 0.6) is 0 Å². The van der Waals surface area contributed by atoms with Gasteiger partial charge in [0.2, 0.25) is 10.0 Å². The second-order valence-corrected chi connectivity index (χ2v) is 9.87. The molecule has 0 saturated carbocycles. The van der Waals surface area contributed by atoms with Gasteiger partial charge in [-0.3, -0.25) is 4.90 Å². The monoisotopic (exact) mass is 413 g/mol. The molecule has 0 aliphatic carbocycles. The van der Waals surface area contributed by atoms with Crippen molar-refractivity contribution in [3.05, 3.63) is 70.5 Å². The van der Waals surface area contributed by atoms with E-state index < -0.39 is 10.0 Å². The lowest BCUT2D eigenvalue weighted by atomic mass is 10.2. The minimum absolute atomic E-state index is 0.374. The van der Waals surface area contributed by atoms with Crippen molar-refractivity contribution in [1.29, 1.82) is 0 Å². The van der Waals surface area contributed by atoms with Gasteiger partial charge in [0.15, 0.2) is 0 Å². The van der Waals surface area contributed by atoms with Crippen LogP contribution in [0.15, 0.2) is 64.9 Å². The van der Waals surface area contributed by atoms with E-state index in [0.29, 0.717) is 31.1 Å². The van der Waals surface area contributed by atoms with Crippen molar-refractivity contribution in [3.63, 3.8) is 0 Å². The maximum absolute atomic E-state index is 12.8. The third-order valence-corrected chi connectivity index (χ3v) is 7.72. The van der Waals surface area contributed by atoms with Crippen LogP contribution in [0.2, 0.25) is 0 Å². The molecular formula is C21H23N3O2S2. The lowest BCUT2D eigenvalue weighted by Crippen LogP contribution is -2.48. The van der Waals surface area contributed by atoms with Gasteiger partial charge < -0.3 is 0 Å². The molecule has 1 aliphatic heterocycles. The van der Waals surface area contributed by atoms with E-state index in [4.69, 9.17) is 4.98 Å². The first-order chi connectivity index (χ1) is 13.5. The minimum Gasteiger partial charge on any atom is -0.294 e. The molecule has 4 rings (SSSR count). The number of piperazine rings is 1. The summed E-state index contributed by atoms with van der Waals surface area (Å²) in [6, 6.07) is 17.2. The zero-order chi connectivity index (χ0) is 19.6. The van der Waals surface area contributed by atoms with Gasteiger partial charge in [0.05, 0.1) is 17.1 Å². The molecule has 3 aromatic rings. The smallest absolute Gasteiger partial charge is 0.243 e. The molecule has 0 bridgehead atoms. The number of aryl methyl sites for hydroxylation is 1. The molecule has 0 spiro atoms. The number of aromatic nitrogens is 1. The maximum atomic E-state index is 12.8. The first-order valence-electron chi connectivity index (χ1n) is 9.31. The molecule has 5 nitrogen and oxygen atoms in total. The highest BCUT2D eigenvalue weighted by Crippen LogP contribution is 2.23. The molecule has 0 N–H and O–H groups in total. The molecule has 146 valence electrons. The molecule has 7 heteroatoms. The Balaban J connectivity index is 1.37. The van der Waals surface area contributed by atoms with Gasteiger partial charge in [-0.25, -0.2) is 13.4 Å². The molecule has 1 aromatic heterocycles. The second-order valence-electron chi connectivity index (χ2n) is 6.99. The summed E-state index contributed by atoms with van der Waals surface area (Å²) in [7, 11) is -3.41. The summed E-state index contributed by atoms with van der Waals surface area (Å²) in [5.41, 5.74) is 3.18. The summed E-state index contributed by atoms with van der Waals surface area (Å²) in [6.07, 6.45) is 0. The van der Waals surface area contributed by atoms with E-state index in [-0.39, 0.29) is 0 Å². The number of thiazole rings is 1. The Morgan fingerprint density at radius 1 is 0.964 bits per heavy atom. The Bertz CT molecular complexity index is 1020. The molecule has 1 saturated heterocycles. The fourth-order valence-electron chi connectivity index (χ4n) is 3.30. The summed E-state index contributed by atoms with van der Waals surface area (Å²) in [5, 5.41) is 3.15. The molecule has 0 atom stereocenters. The van der Waals surface area contributed by atoms with E-state index >= 15 is 0 Å². The standard InChI is InChI=1S/C21H23N3O2S2/c1-17-7-9-19(10-8-17)28(25,26)24-13-11-23(12-14-24)15-21-22-20(16-27-21)18-5-3-2-4-6-18/h2-10,16H,11-15H2,1H3. The molecule has 0 amide bonds. The Labute approximate surface area is 170 Å². The van der Waals surface area contributed by atoms with E-state index in [1.54, 1.807) is 27.8 Å². The van der Waals surface area contributed by atoms with Gasteiger partial charge >= 0.3 is 0 Å². The summed E-state index contributed by atoms with van der Waals surface area (Å²) >= 11 is 1.66. The van der Waals surface area contributed by atoms with Gasteiger partial charge in [-0.2, -0.15) is 4.31 Å². The van der Waals surface area contributed by atoms with Crippen LogP contribution in [0.3, 0.4) is 0 Å². The van der Waals surface area contributed by atoms with Crippen molar-refractivity contribution in [2.45, 2.75) is 18.4 Å². The van der Waals surface area contributed by atoms with Crippen LogP contribution >= 0.6 is 11.3 Å². The van der Waals surface area contributed by atoms with Gasteiger partial charge in [-0.15, -0.1) is 11.3 Å². The quantitative estimate of drug-likeness (QED) is 0.641. The van der Waals surface area contributed by atoms with Gasteiger partial charge in [-0.05, 0) is 19.1 Å². The third kappa shape index (κ3) is 4.17. The van der Waals surface area contributed by atoms with Gasteiger partial charge in [0.25, 0.3) is 0 Å². The predicted molar refractivity (Wildman–Crippen MR) is 113 cm³/mol. The summed E-state index contributed by atoms with van der Waals surface area (Å²) in [4.78, 5) is 7.39. The van der Waals surface area contributed by atoms with Crippen molar-refractivity contribution in [3.8, 4) is 11.3 Å². The van der Waals surface area contributed by atoms with Crippen LogP contribution in [-0.2, 0) is 16.6 Å². The first-order valence-corrected chi connectivity index (χ1v) is 11.6. The molecular weight excluding hydrogens is 390 g/mol. The summed E-state index contributed by atoms with van der Waals surface area (Å²) in [5.74, 6) is 0. The average molecular weight is 414 g/mol. The van der Waals surface area contributed by atoms with E-state index in [1.807, 2.05) is 37.3 Å². The molecule has 1 fully saturated rings. The SMILES string of the molecule is Cc1ccc(S(=O)(=O)N2CCN(Cc3nc(-c4ccccc4)cs3)CC2)cc1. The summed E-state index contributed by atoms with van der Waals surface area (Å²) in [6.45, 7) is 5.16. The fourth-order valence-corrected chi connectivity index (χ4v) is 5.57. The molecule has 2 heterocycles. The molecule has 0 radical (unpaired) electrons. The number of rotatable bonds is 5. The van der Waals surface area contributed by atoms with Gasteiger partial charge in [0.1, 0.15) is 5.01 Å². The molecule has 0 unspecified atom stereocenters. The van der Waals surface area contributed by atoms with Gasteiger partial charge in [-0.1, -0.05) is 48.0 Å². The van der Waals surface area contributed by atoms with Crippen LogP contribution in [0.25, 0.3) is 11.3 Å². The van der Waals surface area contributed by atoms with Crippen molar-refractivity contribution in [2.75, 3.05) is 26.2 Å². The van der Waals surface area contributed by atoms with Crippen molar-refractivity contribution < 1.29 is 8.42 Å². The van der Waals surface area contributed by atoms with Crippen molar-refractivity contribution in [2.24, 2.45) is 0 Å². The number of sulfonamides is 1. The lowest BCUT2D eigenvalue weighted by molar-refractivity contribution is 0.181. The predicted octanol–water partition coefficient (Wildman–Crippen LogP) is 3.63. The fraction of sp³-hybridized carbons (Fsp3) is 0.286. The van der Waals surface area contributed by atoms with Crippen LogP contribution in [0, 0.1) is 6.92 Å². The zero-order valence-corrected chi connectivity index (χ0v) is 17.4. The van der Waals surface area contributed by atoms with Crippen molar-refractivity contribution in [1.82, 2.24) is 14.2 Å². The minimum atomic E-state index is -3.41. The van der Waals surface area contributed by atoms with Crippen LogP contribution < -0.4 is 0 Å². The third-order valence-electron chi connectivity index (χ3n) is 4.97. The lowest BCUT2D eigenvalue weighted by Gasteiger charge is -2.33. The van der Waals surface area contributed by atoms with E-state index in [1.165, 1.54) is 0 Å². The Morgan fingerprint density at radius 3 is 2.32 bits per heavy atom. The zero-order valence-electron chi connectivity index (χ0n) is 15.8. The van der Waals surface area contributed by atoms with E-state index in [2.05, 4.69) is 22.4 Å². The van der Waals surface area contributed by atoms with Crippen LogP contribution in [0.4, 0.5) is 0 Å². The number of nitrogens with zero attached hydrogens (tertiary/aromatic N) is 3. The Kier molecular flexibility index (Phi) is 5.59. The highest BCUT2D eigenvalue weighted by molar-refractivity contribution is 7.89.